The summed E-state index contributed by atoms with van der Waals surface area (Å²) >= 11 is 0. The monoisotopic (exact) mass is 413 g/mol. The minimum absolute atomic E-state index is 0.0122. The molecule has 2 fully saturated rings. The molecule has 4 nitrogen and oxygen atoms in total. The summed E-state index contributed by atoms with van der Waals surface area (Å²) in [6, 6.07) is 17.6. The third-order valence-corrected chi connectivity index (χ3v) is 7.18. The summed E-state index contributed by atoms with van der Waals surface area (Å²) < 4.78 is 1.89. The summed E-state index contributed by atoms with van der Waals surface area (Å²) in [6.45, 7) is 2.23. The molecule has 160 valence electrons. The zero-order valence-corrected chi connectivity index (χ0v) is 18.3. The molecule has 0 aliphatic heterocycles. The molecule has 0 radical (unpaired) electrons. The Morgan fingerprint density at radius 2 is 1.77 bits per heavy atom. The van der Waals surface area contributed by atoms with Gasteiger partial charge in [0.1, 0.15) is 5.69 Å². The summed E-state index contributed by atoms with van der Waals surface area (Å²) in [7, 11) is 0. The summed E-state index contributed by atoms with van der Waals surface area (Å²) in [5, 5.41) is 3.28. The van der Waals surface area contributed by atoms with Gasteiger partial charge in [0, 0.05) is 11.7 Å². The van der Waals surface area contributed by atoms with E-state index in [4.69, 9.17) is 0 Å². The molecule has 2 bridgehead atoms. The fourth-order valence-electron chi connectivity index (χ4n) is 5.39. The van der Waals surface area contributed by atoms with E-state index < -0.39 is 0 Å². The molecular formula is C27H31N3O. The van der Waals surface area contributed by atoms with Gasteiger partial charge in [-0.3, -0.25) is 9.36 Å². The second-order valence-corrected chi connectivity index (χ2v) is 9.25. The molecule has 1 heterocycles. The highest BCUT2D eigenvalue weighted by molar-refractivity contribution is 5.93. The zero-order valence-electron chi connectivity index (χ0n) is 18.3. The van der Waals surface area contributed by atoms with E-state index in [0.29, 0.717) is 17.7 Å². The molecule has 2 aromatic carbocycles. The van der Waals surface area contributed by atoms with Crippen LogP contribution in [0, 0.1) is 11.8 Å². The number of benzene rings is 2. The maximum Gasteiger partial charge on any atom is 0.270 e. The lowest BCUT2D eigenvalue weighted by Crippen LogP contribution is -2.39. The van der Waals surface area contributed by atoms with Crippen LogP contribution in [0.5, 0.6) is 0 Å². The van der Waals surface area contributed by atoms with Gasteiger partial charge < -0.3 is 5.32 Å². The van der Waals surface area contributed by atoms with Gasteiger partial charge in [0.25, 0.3) is 5.91 Å². The maximum absolute atomic E-state index is 13.0. The predicted octanol–water partition coefficient (Wildman–Crippen LogP) is 5.80. The van der Waals surface area contributed by atoms with Crippen LogP contribution in [0.1, 0.15) is 61.5 Å². The van der Waals surface area contributed by atoms with Gasteiger partial charge in [-0.15, -0.1) is 0 Å². The van der Waals surface area contributed by atoms with Crippen LogP contribution in [0.25, 0.3) is 16.8 Å². The van der Waals surface area contributed by atoms with Crippen molar-refractivity contribution < 1.29 is 4.79 Å². The minimum Gasteiger partial charge on any atom is -0.348 e. The van der Waals surface area contributed by atoms with Gasteiger partial charge in [-0.05, 0) is 72.8 Å². The van der Waals surface area contributed by atoms with E-state index >= 15 is 0 Å². The molecule has 3 aromatic rings. The molecule has 31 heavy (non-hydrogen) atoms. The fraction of sp³-hybridized carbons (Fsp3) is 0.407. The largest absolute Gasteiger partial charge is 0.348 e. The van der Waals surface area contributed by atoms with E-state index in [1.54, 1.807) is 12.5 Å². The number of rotatable bonds is 7. The van der Waals surface area contributed by atoms with E-state index in [1.165, 1.54) is 48.8 Å². The number of hydrogen-bond acceptors (Lipinski definition) is 2. The average molecular weight is 414 g/mol. The number of fused-ring (bicyclic) bond motifs is 2. The molecule has 2 aliphatic carbocycles. The third kappa shape index (κ3) is 4.16. The molecule has 2 saturated carbocycles. The topological polar surface area (TPSA) is 46.9 Å². The van der Waals surface area contributed by atoms with Crippen molar-refractivity contribution in [3.63, 3.8) is 0 Å². The molecule has 1 aromatic heterocycles. The number of unbranched alkanes of at least 4 members (excludes halogenated alkanes) is 1. The molecule has 3 atom stereocenters. The van der Waals surface area contributed by atoms with Crippen LogP contribution >= 0.6 is 0 Å². The van der Waals surface area contributed by atoms with Crippen molar-refractivity contribution in [2.75, 3.05) is 0 Å². The quantitative estimate of drug-likeness (QED) is 0.532. The molecule has 4 heteroatoms. The SMILES string of the molecule is CCCCc1ccc(-c2ccc(-n3cncc3C(=O)N[C@H]3C[C@H]4CC[C@H]3C4)cc2)cc1. The smallest absolute Gasteiger partial charge is 0.270 e. The molecule has 0 saturated heterocycles. The number of carbonyl (C=O) groups is 1. The lowest BCUT2D eigenvalue weighted by atomic mass is 9.95. The molecule has 5 rings (SSSR count). The molecule has 2 aliphatic rings. The summed E-state index contributed by atoms with van der Waals surface area (Å²) in [6.07, 6.45) is 12.0. The molecule has 1 N–H and O–H groups in total. The number of nitrogens with zero attached hydrogens (tertiary/aromatic N) is 2. The highest BCUT2D eigenvalue weighted by Crippen LogP contribution is 2.44. The molecule has 0 unspecified atom stereocenters. The van der Waals surface area contributed by atoms with Gasteiger partial charge in [-0.2, -0.15) is 0 Å². The third-order valence-electron chi connectivity index (χ3n) is 7.18. The average Bonchev–Trinajstić information content (AvgIpc) is 3.55. The van der Waals surface area contributed by atoms with Gasteiger partial charge >= 0.3 is 0 Å². The number of aryl methyl sites for hydroxylation is 1. The van der Waals surface area contributed by atoms with E-state index in [2.05, 4.69) is 65.8 Å². The zero-order chi connectivity index (χ0) is 21.2. The van der Waals surface area contributed by atoms with Gasteiger partial charge in [-0.25, -0.2) is 4.98 Å². The van der Waals surface area contributed by atoms with Gasteiger partial charge in [0.2, 0.25) is 0 Å². The van der Waals surface area contributed by atoms with E-state index in [-0.39, 0.29) is 5.91 Å². The maximum atomic E-state index is 13.0. The van der Waals surface area contributed by atoms with Crippen molar-refractivity contribution in [2.24, 2.45) is 11.8 Å². The van der Waals surface area contributed by atoms with Gasteiger partial charge in [0.15, 0.2) is 0 Å². The summed E-state index contributed by atoms with van der Waals surface area (Å²) in [5.41, 5.74) is 5.35. The van der Waals surface area contributed by atoms with Crippen LogP contribution in [0.15, 0.2) is 61.1 Å². The Balaban J connectivity index is 1.29. The normalized spacial score (nSPS) is 22.0. The van der Waals surface area contributed by atoms with Crippen molar-refractivity contribution in [1.82, 2.24) is 14.9 Å². The Bertz CT molecular complexity index is 1040. The Labute approximate surface area is 184 Å². The first kappa shape index (κ1) is 20.0. The number of imidazole rings is 1. The van der Waals surface area contributed by atoms with Crippen LogP contribution in [-0.2, 0) is 6.42 Å². The second-order valence-electron chi connectivity index (χ2n) is 9.25. The number of aromatic nitrogens is 2. The number of nitrogens with one attached hydrogen (secondary N) is 1. The number of amides is 1. The van der Waals surface area contributed by atoms with E-state index in [9.17, 15) is 4.79 Å². The summed E-state index contributed by atoms with van der Waals surface area (Å²) in [4.78, 5) is 17.2. The first-order chi connectivity index (χ1) is 15.2. The Kier molecular flexibility index (Phi) is 5.63. The fourth-order valence-corrected chi connectivity index (χ4v) is 5.39. The van der Waals surface area contributed by atoms with Crippen LogP contribution in [0.2, 0.25) is 0 Å². The minimum atomic E-state index is -0.0122. The van der Waals surface area contributed by atoms with Crippen molar-refractivity contribution in [3.8, 4) is 16.8 Å². The molecule has 1 amide bonds. The lowest BCUT2D eigenvalue weighted by molar-refractivity contribution is 0.0916. The standard InChI is InChI=1S/C27H31N3O/c1-2-3-4-19-5-8-21(9-6-19)22-11-13-24(14-12-22)30-18-28-17-26(30)27(31)29-25-16-20-7-10-23(25)15-20/h5-6,8-9,11-14,17-18,20,23,25H,2-4,7,10,15-16H2,1H3,(H,29,31)/t20-,23-,25-/m0/s1. The highest BCUT2D eigenvalue weighted by Gasteiger charge is 2.40. The van der Waals surface area contributed by atoms with Crippen LogP contribution in [0.4, 0.5) is 0 Å². The second kappa shape index (κ2) is 8.70. The van der Waals surface area contributed by atoms with E-state index in [0.717, 1.165) is 24.4 Å². The number of hydrogen-bond donors (Lipinski definition) is 1. The first-order valence-electron chi connectivity index (χ1n) is 11.7. The van der Waals surface area contributed by atoms with Gasteiger partial charge in [-0.1, -0.05) is 56.2 Å². The molecular weight excluding hydrogens is 382 g/mol. The Morgan fingerprint density at radius 1 is 1.03 bits per heavy atom. The van der Waals surface area contributed by atoms with Crippen molar-refractivity contribution in [3.05, 3.63) is 72.3 Å². The van der Waals surface area contributed by atoms with Crippen molar-refractivity contribution in [2.45, 2.75) is 57.9 Å². The summed E-state index contributed by atoms with van der Waals surface area (Å²) in [5.74, 6) is 1.47. The van der Waals surface area contributed by atoms with Crippen molar-refractivity contribution in [1.29, 1.82) is 0 Å². The van der Waals surface area contributed by atoms with E-state index in [1.807, 2.05) is 4.57 Å². The molecule has 0 spiro atoms. The van der Waals surface area contributed by atoms with Crippen LogP contribution in [0.3, 0.4) is 0 Å². The highest BCUT2D eigenvalue weighted by atomic mass is 16.2. The first-order valence-corrected chi connectivity index (χ1v) is 11.7. The predicted molar refractivity (Wildman–Crippen MR) is 124 cm³/mol. The Morgan fingerprint density at radius 3 is 2.42 bits per heavy atom. The van der Waals surface area contributed by atoms with Crippen molar-refractivity contribution >= 4 is 5.91 Å². The van der Waals surface area contributed by atoms with Gasteiger partial charge in [0.05, 0.1) is 12.5 Å². The van der Waals surface area contributed by atoms with Crippen LogP contribution in [-0.4, -0.2) is 21.5 Å². The van der Waals surface area contributed by atoms with Crippen LogP contribution < -0.4 is 5.32 Å². The Hall–Kier alpha value is -2.88. The lowest BCUT2D eigenvalue weighted by Gasteiger charge is -2.23. The number of carbonyl (C=O) groups excluding carboxylic acids is 1.